The molecule has 4 rings (SSSR count). The van der Waals surface area contributed by atoms with Crippen LogP contribution in [0.15, 0.2) is 18.5 Å². The van der Waals surface area contributed by atoms with Gasteiger partial charge < -0.3 is 25.4 Å². The van der Waals surface area contributed by atoms with Gasteiger partial charge >= 0.3 is 0 Å². The number of aromatic nitrogens is 4. The van der Waals surface area contributed by atoms with E-state index in [4.69, 9.17) is 25.2 Å². The van der Waals surface area contributed by atoms with Crippen molar-refractivity contribution in [1.82, 2.24) is 24.8 Å². The summed E-state index contributed by atoms with van der Waals surface area (Å²) in [6.45, 7) is 8.20. The Bertz CT molecular complexity index is 761. The van der Waals surface area contributed by atoms with Gasteiger partial charge in [-0.05, 0) is 0 Å². The molecule has 10 heteroatoms. The van der Waals surface area contributed by atoms with E-state index < -0.39 is 0 Å². The molecule has 0 bridgehead atoms. The van der Waals surface area contributed by atoms with Gasteiger partial charge in [-0.25, -0.2) is 15.0 Å². The Morgan fingerprint density at radius 1 is 0.964 bits per heavy atom. The molecule has 2 aliphatic rings. The third kappa shape index (κ3) is 4.83. The monoisotopic (exact) mass is 386 g/mol. The molecule has 0 amide bonds. The quantitative estimate of drug-likeness (QED) is 0.708. The molecule has 0 atom stereocenters. The zero-order chi connectivity index (χ0) is 19.2. The van der Waals surface area contributed by atoms with Crippen molar-refractivity contribution < 1.29 is 9.47 Å². The smallest absolute Gasteiger partial charge is 0.228 e. The van der Waals surface area contributed by atoms with Crippen LogP contribution in [-0.2, 0) is 9.47 Å². The maximum absolute atomic E-state index is 5.62. The second kappa shape index (κ2) is 9.09. The maximum Gasteiger partial charge on any atom is 0.228 e. The Morgan fingerprint density at radius 2 is 1.64 bits per heavy atom. The Morgan fingerprint density at radius 3 is 2.36 bits per heavy atom. The lowest BCUT2D eigenvalue weighted by Crippen LogP contribution is -2.39. The average molecular weight is 386 g/mol. The molecule has 0 radical (unpaired) electrons. The summed E-state index contributed by atoms with van der Waals surface area (Å²) in [4.78, 5) is 22.1. The third-order valence-corrected chi connectivity index (χ3v) is 4.81. The van der Waals surface area contributed by atoms with Gasteiger partial charge in [-0.3, -0.25) is 4.90 Å². The molecule has 2 aromatic heterocycles. The van der Waals surface area contributed by atoms with E-state index in [-0.39, 0.29) is 5.95 Å². The second-order valence-corrected chi connectivity index (χ2v) is 6.75. The first-order valence-corrected chi connectivity index (χ1v) is 9.61. The lowest BCUT2D eigenvalue weighted by atomic mass is 10.2. The number of ether oxygens (including phenoxy) is 2. The molecular weight excluding hydrogens is 360 g/mol. The molecular formula is C18H26N8O2. The number of hydrogen-bond acceptors (Lipinski definition) is 10. The summed E-state index contributed by atoms with van der Waals surface area (Å²) in [6.07, 6.45) is 3.37. The molecule has 10 nitrogen and oxygen atoms in total. The van der Waals surface area contributed by atoms with Crippen LogP contribution >= 0.6 is 0 Å². The fraction of sp³-hybridized carbons (Fsp3) is 0.556. The summed E-state index contributed by atoms with van der Waals surface area (Å²) >= 11 is 0. The number of hydrogen-bond donors (Lipinski definition) is 2. The molecule has 0 spiro atoms. The molecule has 0 aromatic carbocycles. The number of morpholine rings is 2. The zero-order valence-electron chi connectivity index (χ0n) is 15.9. The van der Waals surface area contributed by atoms with Gasteiger partial charge in [0.25, 0.3) is 0 Å². The van der Waals surface area contributed by atoms with Gasteiger partial charge in [-0.15, -0.1) is 0 Å². The minimum absolute atomic E-state index is 0.245. The number of nitrogens with one attached hydrogen (secondary N) is 1. The van der Waals surface area contributed by atoms with Crippen molar-refractivity contribution in [3.8, 4) is 11.3 Å². The maximum atomic E-state index is 5.62. The van der Waals surface area contributed by atoms with E-state index in [1.807, 2.05) is 6.07 Å². The van der Waals surface area contributed by atoms with Crippen molar-refractivity contribution in [3.63, 3.8) is 0 Å². The van der Waals surface area contributed by atoms with Gasteiger partial charge in [0, 0.05) is 63.3 Å². The average Bonchev–Trinajstić information content (AvgIpc) is 2.75. The molecule has 0 saturated carbocycles. The number of anilines is 3. The van der Waals surface area contributed by atoms with Gasteiger partial charge in [0.15, 0.2) is 0 Å². The lowest BCUT2D eigenvalue weighted by Gasteiger charge is -2.28. The van der Waals surface area contributed by atoms with Crippen molar-refractivity contribution in [3.05, 3.63) is 18.5 Å². The number of rotatable bonds is 6. The van der Waals surface area contributed by atoms with Crippen LogP contribution in [-0.4, -0.2) is 90.5 Å². The zero-order valence-corrected chi connectivity index (χ0v) is 15.9. The van der Waals surface area contributed by atoms with Gasteiger partial charge in [-0.1, -0.05) is 0 Å². The topological polar surface area (TPSA) is 115 Å². The van der Waals surface area contributed by atoms with Crippen molar-refractivity contribution >= 4 is 17.7 Å². The van der Waals surface area contributed by atoms with Crippen molar-refractivity contribution in [1.29, 1.82) is 0 Å². The van der Waals surface area contributed by atoms with Gasteiger partial charge in [-0.2, -0.15) is 4.98 Å². The Kier molecular flexibility index (Phi) is 6.10. The van der Waals surface area contributed by atoms with Gasteiger partial charge in [0.05, 0.1) is 32.1 Å². The SMILES string of the molecule is Nc1ncc(-c2cc(NCCN3CCOCC3)nc(N3CCOCC3)n2)cn1. The van der Waals surface area contributed by atoms with Crippen LogP contribution < -0.4 is 16.0 Å². The highest BCUT2D eigenvalue weighted by Crippen LogP contribution is 2.23. The fourth-order valence-corrected chi connectivity index (χ4v) is 3.21. The van der Waals surface area contributed by atoms with E-state index in [0.717, 1.165) is 69.6 Å². The first-order chi connectivity index (χ1) is 13.8. The number of nitrogens with zero attached hydrogens (tertiary/aromatic N) is 6. The second-order valence-electron chi connectivity index (χ2n) is 6.75. The predicted molar refractivity (Wildman–Crippen MR) is 106 cm³/mol. The first kappa shape index (κ1) is 18.8. The van der Waals surface area contributed by atoms with Crippen LogP contribution in [0.2, 0.25) is 0 Å². The Hall–Kier alpha value is -2.56. The Balaban J connectivity index is 1.51. The number of nitrogen functional groups attached to an aromatic ring is 1. The van der Waals surface area contributed by atoms with Crippen LogP contribution in [0.3, 0.4) is 0 Å². The standard InChI is InChI=1S/C18H26N8O2/c19-17-21-12-14(13-22-17)15-11-16(20-1-2-25-3-7-27-8-4-25)24-18(23-15)26-5-9-28-10-6-26/h11-13H,1-10H2,(H2,19,21,22)(H,20,23,24). The molecule has 3 N–H and O–H groups in total. The molecule has 4 heterocycles. The predicted octanol–water partition coefficient (Wildman–Crippen LogP) is 0.0965. The summed E-state index contributed by atoms with van der Waals surface area (Å²) in [5.41, 5.74) is 7.19. The van der Waals surface area contributed by atoms with Crippen LogP contribution in [0.4, 0.5) is 17.7 Å². The van der Waals surface area contributed by atoms with E-state index in [9.17, 15) is 0 Å². The summed E-state index contributed by atoms with van der Waals surface area (Å²) in [5.74, 6) is 1.72. The highest BCUT2D eigenvalue weighted by atomic mass is 16.5. The summed E-state index contributed by atoms with van der Waals surface area (Å²) in [7, 11) is 0. The summed E-state index contributed by atoms with van der Waals surface area (Å²) in [5, 5.41) is 3.44. The van der Waals surface area contributed by atoms with Crippen molar-refractivity contribution in [2.75, 3.05) is 81.6 Å². The highest BCUT2D eigenvalue weighted by molar-refractivity contribution is 5.63. The van der Waals surface area contributed by atoms with E-state index in [0.29, 0.717) is 19.2 Å². The van der Waals surface area contributed by atoms with Gasteiger partial charge in [0.1, 0.15) is 5.82 Å². The molecule has 2 aliphatic heterocycles. The van der Waals surface area contributed by atoms with E-state index in [2.05, 4.69) is 25.1 Å². The third-order valence-electron chi connectivity index (χ3n) is 4.81. The molecule has 2 fully saturated rings. The minimum Gasteiger partial charge on any atom is -0.379 e. The van der Waals surface area contributed by atoms with Crippen molar-refractivity contribution in [2.45, 2.75) is 0 Å². The van der Waals surface area contributed by atoms with E-state index >= 15 is 0 Å². The fourth-order valence-electron chi connectivity index (χ4n) is 3.21. The number of nitrogens with two attached hydrogens (primary N) is 1. The van der Waals surface area contributed by atoms with Crippen molar-refractivity contribution in [2.24, 2.45) is 0 Å². The largest absolute Gasteiger partial charge is 0.379 e. The molecule has 150 valence electrons. The summed E-state index contributed by atoms with van der Waals surface area (Å²) < 4.78 is 10.9. The van der Waals surface area contributed by atoms with Crippen LogP contribution in [0.25, 0.3) is 11.3 Å². The molecule has 28 heavy (non-hydrogen) atoms. The van der Waals surface area contributed by atoms with Gasteiger partial charge in [0.2, 0.25) is 11.9 Å². The van der Waals surface area contributed by atoms with Crippen LogP contribution in [0.1, 0.15) is 0 Å². The molecule has 2 aromatic rings. The molecule has 2 saturated heterocycles. The van der Waals surface area contributed by atoms with Crippen LogP contribution in [0, 0.1) is 0 Å². The Labute approximate surface area is 164 Å². The summed E-state index contributed by atoms with van der Waals surface area (Å²) in [6, 6.07) is 1.93. The van der Waals surface area contributed by atoms with E-state index in [1.165, 1.54) is 0 Å². The highest BCUT2D eigenvalue weighted by Gasteiger charge is 2.17. The molecule has 0 unspecified atom stereocenters. The van der Waals surface area contributed by atoms with Crippen LogP contribution in [0.5, 0.6) is 0 Å². The first-order valence-electron chi connectivity index (χ1n) is 9.61. The minimum atomic E-state index is 0.245. The normalized spacial score (nSPS) is 18.2. The van der Waals surface area contributed by atoms with E-state index in [1.54, 1.807) is 12.4 Å². The lowest BCUT2D eigenvalue weighted by molar-refractivity contribution is 0.0398. The molecule has 0 aliphatic carbocycles.